The molecule has 1 aliphatic heterocycles. The molecular formula is C10H16N2OS. The summed E-state index contributed by atoms with van der Waals surface area (Å²) in [7, 11) is 1.90. The number of aliphatic hydroxyl groups is 1. The summed E-state index contributed by atoms with van der Waals surface area (Å²) >= 11 is 1.93. The molecule has 14 heavy (non-hydrogen) atoms. The quantitative estimate of drug-likeness (QED) is 0.807. The summed E-state index contributed by atoms with van der Waals surface area (Å²) in [4.78, 5) is 0. The molecule has 2 unspecified atom stereocenters. The number of hydrogen-bond acceptors (Lipinski definition) is 3. The first kappa shape index (κ1) is 10.1. The SMILES string of the molecule is Cc1cnn(C)c1C(O)C1CCSC1. The Labute approximate surface area is 88.5 Å². The van der Waals surface area contributed by atoms with Gasteiger partial charge in [0.2, 0.25) is 0 Å². The lowest BCUT2D eigenvalue weighted by Crippen LogP contribution is -2.16. The van der Waals surface area contributed by atoms with Crippen molar-refractivity contribution >= 4 is 11.8 Å². The summed E-state index contributed by atoms with van der Waals surface area (Å²) in [6.07, 6.45) is 2.61. The Morgan fingerprint density at radius 2 is 2.50 bits per heavy atom. The van der Waals surface area contributed by atoms with Crippen LogP contribution in [0, 0.1) is 12.8 Å². The van der Waals surface area contributed by atoms with Gasteiger partial charge in [-0.3, -0.25) is 4.68 Å². The highest BCUT2D eigenvalue weighted by molar-refractivity contribution is 7.99. The first-order valence-corrected chi connectivity index (χ1v) is 6.10. The molecule has 3 nitrogen and oxygen atoms in total. The van der Waals surface area contributed by atoms with Crippen LogP contribution in [0.4, 0.5) is 0 Å². The van der Waals surface area contributed by atoms with Crippen molar-refractivity contribution in [2.75, 3.05) is 11.5 Å². The van der Waals surface area contributed by atoms with Crippen LogP contribution in [0.3, 0.4) is 0 Å². The third-order valence-electron chi connectivity index (χ3n) is 2.87. The van der Waals surface area contributed by atoms with Gasteiger partial charge in [-0.1, -0.05) is 0 Å². The van der Waals surface area contributed by atoms with Crippen LogP contribution >= 0.6 is 11.8 Å². The number of aromatic nitrogens is 2. The zero-order valence-electron chi connectivity index (χ0n) is 8.60. The predicted molar refractivity (Wildman–Crippen MR) is 58.3 cm³/mol. The molecule has 1 saturated heterocycles. The van der Waals surface area contributed by atoms with Gasteiger partial charge in [0.25, 0.3) is 0 Å². The van der Waals surface area contributed by atoms with Gasteiger partial charge in [-0.25, -0.2) is 0 Å². The molecule has 0 aliphatic carbocycles. The van der Waals surface area contributed by atoms with E-state index in [2.05, 4.69) is 5.10 Å². The molecule has 0 spiro atoms. The van der Waals surface area contributed by atoms with Crippen LogP contribution in [-0.4, -0.2) is 26.4 Å². The van der Waals surface area contributed by atoms with Crippen molar-refractivity contribution < 1.29 is 5.11 Å². The van der Waals surface area contributed by atoms with Gasteiger partial charge >= 0.3 is 0 Å². The molecule has 0 bridgehead atoms. The molecule has 0 aromatic carbocycles. The zero-order chi connectivity index (χ0) is 10.1. The Morgan fingerprint density at radius 1 is 1.71 bits per heavy atom. The minimum atomic E-state index is -0.336. The largest absolute Gasteiger partial charge is 0.386 e. The average molecular weight is 212 g/mol. The maximum Gasteiger partial charge on any atom is 0.0995 e. The molecule has 1 aromatic rings. The van der Waals surface area contributed by atoms with Gasteiger partial charge in [0.05, 0.1) is 18.0 Å². The van der Waals surface area contributed by atoms with Crippen LogP contribution in [-0.2, 0) is 7.05 Å². The van der Waals surface area contributed by atoms with Gasteiger partial charge in [0, 0.05) is 13.0 Å². The van der Waals surface area contributed by atoms with Gasteiger partial charge in [0.1, 0.15) is 0 Å². The third kappa shape index (κ3) is 1.68. The second-order valence-corrected chi connectivity index (χ2v) is 5.05. The highest BCUT2D eigenvalue weighted by atomic mass is 32.2. The normalized spacial score (nSPS) is 24.1. The molecule has 1 aliphatic rings. The van der Waals surface area contributed by atoms with Crippen molar-refractivity contribution in [3.05, 3.63) is 17.5 Å². The van der Waals surface area contributed by atoms with Gasteiger partial charge < -0.3 is 5.11 Å². The summed E-state index contributed by atoms with van der Waals surface area (Å²) in [6.45, 7) is 2.01. The fourth-order valence-corrected chi connectivity index (χ4v) is 3.29. The fraction of sp³-hybridized carbons (Fsp3) is 0.700. The van der Waals surface area contributed by atoms with Gasteiger partial charge in [-0.15, -0.1) is 0 Å². The van der Waals surface area contributed by atoms with E-state index in [4.69, 9.17) is 0 Å². The molecule has 2 rings (SSSR count). The first-order chi connectivity index (χ1) is 6.70. The Hall–Kier alpha value is -0.480. The molecule has 1 aromatic heterocycles. The molecular weight excluding hydrogens is 196 g/mol. The fourth-order valence-electron chi connectivity index (χ4n) is 2.01. The summed E-state index contributed by atoms with van der Waals surface area (Å²) in [5.74, 6) is 2.67. The van der Waals surface area contributed by atoms with Crippen molar-refractivity contribution in [3.8, 4) is 0 Å². The Kier molecular flexibility index (Phi) is 2.83. The number of rotatable bonds is 2. The van der Waals surface area contributed by atoms with Gasteiger partial charge in [-0.2, -0.15) is 16.9 Å². The van der Waals surface area contributed by atoms with E-state index in [1.165, 1.54) is 5.75 Å². The smallest absolute Gasteiger partial charge is 0.0995 e. The van der Waals surface area contributed by atoms with Crippen molar-refractivity contribution in [2.45, 2.75) is 19.4 Å². The highest BCUT2D eigenvalue weighted by Crippen LogP contribution is 2.34. The Bertz CT molecular complexity index is 298. The van der Waals surface area contributed by atoms with Crippen LogP contribution in [0.2, 0.25) is 0 Å². The van der Waals surface area contributed by atoms with E-state index in [1.54, 1.807) is 4.68 Å². The number of thioether (sulfide) groups is 1. The van der Waals surface area contributed by atoms with Gasteiger partial charge in [0.15, 0.2) is 0 Å². The lowest BCUT2D eigenvalue weighted by atomic mass is 9.97. The molecule has 0 radical (unpaired) electrons. The molecule has 2 atom stereocenters. The first-order valence-electron chi connectivity index (χ1n) is 4.94. The van der Waals surface area contributed by atoms with Crippen LogP contribution in [0.15, 0.2) is 6.20 Å². The van der Waals surface area contributed by atoms with E-state index in [0.29, 0.717) is 5.92 Å². The summed E-state index contributed by atoms with van der Waals surface area (Å²) < 4.78 is 1.79. The maximum atomic E-state index is 10.2. The van der Waals surface area contributed by atoms with Crippen molar-refractivity contribution in [3.63, 3.8) is 0 Å². The molecule has 0 amide bonds. The monoisotopic (exact) mass is 212 g/mol. The molecule has 78 valence electrons. The molecule has 4 heteroatoms. The lowest BCUT2D eigenvalue weighted by molar-refractivity contribution is 0.112. The second-order valence-electron chi connectivity index (χ2n) is 3.90. The molecule has 0 saturated carbocycles. The topological polar surface area (TPSA) is 38.0 Å². The van der Waals surface area contributed by atoms with Crippen molar-refractivity contribution in [1.29, 1.82) is 0 Å². The Balaban J connectivity index is 2.21. The summed E-state index contributed by atoms with van der Waals surface area (Å²) in [5.41, 5.74) is 2.08. The van der Waals surface area contributed by atoms with Crippen LogP contribution in [0.25, 0.3) is 0 Å². The minimum absolute atomic E-state index is 0.336. The number of nitrogens with zero attached hydrogens (tertiary/aromatic N) is 2. The van der Waals surface area contributed by atoms with E-state index in [-0.39, 0.29) is 6.10 Å². The lowest BCUT2D eigenvalue weighted by Gasteiger charge is -2.18. The minimum Gasteiger partial charge on any atom is -0.386 e. The summed E-state index contributed by atoms with van der Waals surface area (Å²) in [6, 6.07) is 0. The van der Waals surface area contributed by atoms with Crippen LogP contribution in [0.1, 0.15) is 23.8 Å². The third-order valence-corrected chi connectivity index (χ3v) is 4.06. The molecule has 1 fully saturated rings. The van der Waals surface area contributed by atoms with Crippen LogP contribution in [0.5, 0.6) is 0 Å². The Morgan fingerprint density at radius 3 is 3.00 bits per heavy atom. The number of aryl methyl sites for hydroxylation is 2. The van der Waals surface area contributed by atoms with E-state index >= 15 is 0 Å². The van der Waals surface area contributed by atoms with E-state index in [1.807, 2.05) is 31.9 Å². The summed E-state index contributed by atoms with van der Waals surface area (Å²) in [5, 5.41) is 14.4. The van der Waals surface area contributed by atoms with Crippen molar-refractivity contribution in [1.82, 2.24) is 9.78 Å². The highest BCUT2D eigenvalue weighted by Gasteiger charge is 2.27. The predicted octanol–water partition coefficient (Wildman–Crippen LogP) is 1.52. The van der Waals surface area contributed by atoms with Gasteiger partial charge in [-0.05, 0) is 30.4 Å². The average Bonchev–Trinajstić information content (AvgIpc) is 2.75. The second kappa shape index (κ2) is 3.95. The van der Waals surface area contributed by atoms with E-state index in [9.17, 15) is 5.11 Å². The number of aliphatic hydroxyl groups excluding tert-OH is 1. The maximum absolute atomic E-state index is 10.2. The molecule has 1 N–H and O–H groups in total. The van der Waals surface area contributed by atoms with Crippen LogP contribution < -0.4 is 0 Å². The van der Waals surface area contributed by atoms with Crippen molar-refractivity contribution in [2.24, 2.45) is 13.0 Å². The number of hydrogen-bond donors (Lipinski definition) is 1. The van der Waals surface area contributed by atoms with E-state index in [0.717, 1.165) is 23.4 Å². The molecule has 2 heterocycles. The zero-order valence-corrected chi connectivity index (χ0v) is 9.42. The van der Waals surface area contributed by atoms with E-state index < -0.39 is 0 Å². The standard InChI is InChI=1S/C10H16N2OS/c1-7-5-11-12(2)9(7)10(13)8-3-4-14-6-8/h5,8,10,13H,3-4,6H2,1-2H3.